The van der Waals surface area contributed by atoms with E-state index < -0.39 is 0 Å². The number of hydrogen-bond donors (Lipinski definition) is 1. The normalized spacial score (nSPS) is 18.5. The summed E-state index contributed by atoms with van der Waals surface area (Å²) in [5.74, 6) is 0.0687. The van der Waals surface area contributed by atoms with Crippen molar-refractivity contribution in [2.75, 3.05) is 13.2 Å². The molecule has 0 unspecified atom stereocenters. The van der Waals surface area contributed by atoms with Crippen LogP contribution in [0.2, 0.25) is 0 Å². The highest BCUT2D eigenvalue weighted by molar-refractivity contribution is 5.96. The lowest BCUT2D eigenvalue weighted by molar-refractivity contribution is 0.0925. The monoisotopic (exact) mass is 399 g/mol. The molecule has 7 nitrogen and oxygen atoms in total. The Hall–Kier alpha value is -3.58. The van der Waals surface area contributed by atoms with Gasteiger partial charge in [0.05, 0.1) is 24.8 Å². The summed E-state index contributed by atoms with van der Waals surface area (Å²) in [6.45, 7) is 1.14. The zero-order valence-corrected chi connectivity index (χ0v) is 16.3. The van der Waals surface area contributed by atoms with Crippen molar-refractivity contribution in [2.45, 2.75) is 12.5 Å². The van der Waals surface area contributed by atoms with Gasteiger partial charge in [0.1, 0.15) is 11.8 Å². The summed E-state index contributed by atoms with van der Waals surface area (Å²) in [5, 5.41) is 3.11. The number of rotatable bonds is 5. The zero-order chi connectivity index (χ0) is 20.3. The van der Waals surface area contributed by atoms with Gasteiger partial charge in [0, 0.05) is 30.2 Å². The lowest BCUT2D eigenvalue weighted by Gasteiger charge is -2.19. The molecule has 1 fully saturated rings. The number of fused-ring (bicyclic) bond motifs is 1. The lowest BCUT2D eigenvalue weighted by atomic mass is 9.95. The number of carbonyl (C=O) groups is 1. The van der Waals surface area contributed by atoms with E-state index in [0.29, 0.717) is 24.3 Å². The van der Waals surface area contributed by atoms with Crippen LogP contribution in [0, 0.1) is 5.92 Å². The molecule has 2 atom stereocenters. The number of pyridine rings is 2. The van der Waals surface area contributed by atoms with Crippen molar-refractivity contribution in [1.29, 1.82) is 0 Å². The van der Waals surface area contributed by atoms with E-state index in [1.165, 1.54) is 5.56 Å². The van der Waals surface area contributed by atoms with Crippen LogP contribution in [0.4, 0.5) is 0 Å². The van der Waals surface area contributed by atoms with Gasteiger partial charge in [0.2, 0.25) is 0 Å². The number of amides is 1. The van der Waals surface area contributed by atoms with Crippen molar-refractivity contribution in [1.82, 2.24) is 24.8 Å². The van der Waals surface area contributed by atoms with Gasteiger partial charge in [-0.1, -0.05) is 18.2 Å². The number of nitrogens with one attached hydrogen (secondary N) is 1. The maximum absolute atomic E-state index is 12.9. The molecule has 1 amide bonds. The van der Waals surface area contributed by atoms with Gasteiger partial charge in [-0.2, -0.15) is 0 Å². The summed E-state index contributed by atoms with van der Waals surface area (Å²) in [6.07, 6.45) is 7.74. The molecule has 1 aliphatic rings. The quantitative estimate of drug-likeness (QED) is 0.558. The van der Waals surface area contributed by atoms with E-state index in [9.17, 15) is 4.79 Å². The topological polar surface area (TPSA) is 81.9 Å². The van der Waals surface area contributed by atoms with Crippen LogP contribution in [-0.2, 0) is 11.2 Å². The minimum atomic E-state index is -0.158. The Morgan fingerprint density at radius 2 is 1.93 bits per heavy atom. The zero-order valence-electron chi connectivity index (χ0n) is 16.3. The third kappa shape index (κ3) is 3.67. The molecule has 0 bridgehead atoms. The summed E-state index contributed by atoms with van der Waals surface area (Å²) >= 11 is 0. The third-order valence-electron chi connectivity index (χ3n) is 5.45. The Bertz CT molecular complexity index is 1160. The predicted molar refractivity (Wildman–Crippen MR) is 112 cm³/mol. The number of ether oxygens (including phenoxy) is 1. The number of carbonyl (C=O) groups excluding carboxylic acids is 1. The van der Waals surface area contributed by atoms with Gasteiger partial charge in [0.15, 0.2) is 5.65 Å². The first-order valence-electron chi connectivity index (χ1n) is 9.94. The van der Waals surface area contributed by atoms with Crippen LogP contribution >= 0.6 is 0 Å². The molecule has 3 aromatic heterocycles. The summed E-state index contributed by atoms with van der Waals surface area (Å²) in [5.41, 5.74) is 4.07. The maximum Gasteiger partial charge on any atom is 0.253 e. The number of hydrogen-bond acceptors (Lipinski definition) is 5. The Morgan fingerprint density at radius 1 is 1.10 bits per heavy atom. The van der Waals surface area contributed by atoms with Crippen molar-refractivity contribution in [3.05, 3.63) is 84.6 Å². The molecule has 4 heterocycles. The highest BCUT2D eigenvalue weighted by atomic mass is 16.5. The molecular weight excluding hydrogens is 378 g/mol. The second-order valence-corrected chi connectivity index (χ2v) is 7.45. The highest BCUT2D eigenvalue weighted by Gasteiger charge is 2.30. The van der Waals surface area contributed by atoms with Crippen molar-refractivity contribution in [2.24, 2.45) is 5.92 Å². The van der Waals surface area contributed by atoms with Crippen molar-refractivity contribution in [3.63, 3.8) is 0 Å². The fourth-order valence-electron chi connectivity index (χ4n) is 3.84. The van der Waals surface area contributed by atoms with E-state index in [2.05, 4.69) is 20.3 Å². The molecule has 1 N–H and O–H groups in total. The Labute approximate surface area is 173 Å². The van der Waals surface area contributed by atoms with E-state index in [1.54, 1.807) is 31.0 Å². The van der Waals surface area contributed by atoms with E-state index >= 15 is 0 Å². The second kappa shape index (κ2) is 8.04. The molecule has 0 radical (unpaired) electrons. The SMILES string of the molecule is O=C(N[C@@H]1COC[C@H]1Cc1ccncc1)c1cnc2c(c1)ncn2-c1ccccc1. The van der Waals surface area contributed by atoms with E-state index in [1.807, 2.05) is 47.0 Å². The van der Waals surface area contributed by atoms with Gasteiger partial charge in [0.25, 0.3) is 5.91 Å². The molecule has 0 spiro atoms. The predicted octanol–water partition coefficient (Wildman–Crippen LogP) is 2.80. The third-order valence-corrected chi connectivity index (χ3v) is 5.45. The molecule has 150 valence electrons. The largest absolute Gasteiger partial charge is 0.379 e. The number of para-hydroxylation sites is 1. The second-order valence-electron chi connectivity index (χ2n) is 7.45. The Morgan fingerprint density at radius 3 is 2.77 bits per heavy atom. The maximum atomic E-state index is 12.9. The number of aromatic nitrogens is 4. The molecule has 0 saturated carbocycles. The van der Waals surface area contributed by atoms with Gasteiger partial charge in [-0.25, -0.2) is 9.97 Å². The summed E-state index contributed by atoms with van der Waals surface area (Å²) < 4.78 is 7.55. The minimum absolute atomic E-state index is 0.0387. The molecule has 4 aromatic rings. The molecule has 0 aliphatic carbocycles. The van der Waals surface area contributed by atoms with Crippen molar-refractivity contribution < 1.29 is 9.53 Å². The molecule has 7 heteroatoms. The fourth-order valence-corrected chi connectivity index (χ4v) is 3.84. The molecule has 1 aliphatic heterocycles. The highest BCUT2D eigenvalue weighted by Crippen LogP contribution is 2.21. The van der Waals surface area contributed by atoms with Crippen LogP contribution in [0.5, 0.6) is 0 Å². The van der Waals surface area contributed by atoms with Gasteiger partial charge in [-0.15, -0.1) is 0 Å². The minimum Gasteiger partial charge on any atom is -0.379 e. The number of imidazole rings is 1. The number of nitrogens with zero attached hydrogens (tertiary/aromatic N) is 4. The van der Waals surface area contributed by atoms with Gasteiger partial charge < -0.3 is 10.1 Å². The van der Waals surface area contributed by atoms with Crippen LogP contribution in [0.3, 0.4) is 0 Å². The average Bonchev–Trinajstić information content (AvgIpc) is 3.41. The van der Waals surface area contributed by atoms with Crippen LogP contribution < -0.4 is 5.32 Å². The van der Waals surface area contributed by atoms with Gasteiger partial charge in [-0.05, 0) is 42.3 Å². The Balaban J connectivity index is 1.32. The van der Waals surface area contributed by atoms with Crippen LogP contribution in [0.25, 0.3) is 16.9 Å². The molecule has 5 rings (SSSR count). The van der Waals surface area contributed by atoms with E-state index in [4.69, 9.17) is 4.74 Å². The molecule has 1 aromatic carbocycles. The first kappa shape index (κ1) is 18.4. The molecular formula is C23H21N5O2. The standard InChI is InChI=1S/C23H21N5O2/c29-23(27-21-14-30-13-18(21)10-16-6-8-24-9-7-16)17-11-20-22(25-12-17)28(15-26-20)19-4-2-1-3-5-19/h1-9,11-12,15,18,21H,10,13-14H2,(H,27,29)/t18-,21-/m1/s1. The van der Waals surface area contributed by atoms with Crippen molar-refractivity contribution in [3.8, 4) is 5.69 Å². The van der Waals surface area contributed by atoms with Crippen molar-refractivity contribution >= 4 is 17.1 Å². The first-order chi connectivity index (χ1) is 14.8. The number of benzene rings is 1. The van der Waals surface area contributed by atoms with Gasteiger partial charge >= 0.3 is 0 Å². The summed E-state index contributed by atoms with van der Waals surface area (Å²) in [4.78, 5) is 25.9. The van der Waals surface area contributed by atoms with E-state index in [-0.39, 0.29) is 17.9 Å². The fraction of sp³-hybridized carbons (Fsp3) is 0.217. The summed E-state index contributed by atoms with van der Waals surface area (Å²) in [7, 11) is 0. The Kier molecular flexibility index (Phi) is 4.94. The summed E-state index contributed by atoms with van der Waals surface area (Å²) in [6, 6.07) is 15.6. The van der Waals surface area contributed by atoms with Crippen LogP contribution in [0.1, 0.15) is 15.9 Å². The van der Waals surface area contributed by atoms with Gasteiger partial charge in [-0.3, -0.25) is 14.3 Å². The first-order valence-corrected chi connectivity index (χ1v) is 9.94. The lowest BCUT2D eigenvalue weighted by Crippen LogP contribution is -2.40. The molecule has 1 saturated heterocycles. The van der Waals surface area contributed by atoms with Crippen LogP contribution in [0.15, 0.2) is 73.4 Å². The van der Waals surface area contributed by atoms with Crippen LogP contribution in [-0.4, -0.2) is 44.7 Å². The average molecular weight is 399 g/mol. The smallest absolute Gasteiger partial charge is 0.253 e. The van der Waals surface area contributed by atoms with E-state index in [0.717, 1.165) is 17.8 Å². The molecule has 30 heavy (non-hydrogen) atoms.